The number of rotatable bonds is 4. The fourth-order valence-corrected chi connectivity index (χ4v) is 2.25. The molecule has 1 saturated carbocycles. The van der Waals surface area contributed by atoms with Gasteiger partial charge in [0, 0.05) is 5.92 Å². The zero-order valence-electron chi connectivity index (χ0n) is 10.5. The fraction of sp³-hybridized carbons (Fsp3) is 0.923. The molecule has 0 spiro atoms. The van der Waals surface area contributed by atoms with E-state index in [1.807, 2.05) is 20.8 Å². The van der Waals surface area contributed by atoms with Crippen LogP contribution in [0.25, 0.3) is 0 Å². The standard InChI is InChI=1S/C13H22O3/c1-4-13(2,3)12(14)15-8-9-6-5-7-10-11(9)16-10/h9-11H,4-8H2,1-3H3. The summed E-state index contributed by atoms with van der Waals surface area (Å²) in [5, 5.41) is 0. The van der Waals surface area contributed by atoms with Crippen LogP contribution in [-0.2, 0) is 14.3 Å². The summed E-state index contributed by atoms with van der Waals surface area (Å²) in [6, 6.07) is 0. The molecule has 0 N–H and O–H groups in total. The minimum Gasteiger partial charge on any atom is -0.465 e. The van der Waals surface area contributed by atoms with E-state index >= 15 is 0 Å². The summed E-state index contributed by atoms with van der Waals surface area (Å²) in [5.74, 6) is 0.369. The summed E-state index contributed by atoms with van der Waals surface area (Å²) in [6.45, 7) is 6.44. The highest BCUT2D eigenvalue weighted by molar-refractivity contribution is 5.75. The molecular formula is C13H22O3. The predicted octanol–water partition coefficient (Wildman–Crippen LogP) is 2.53. The van der Waals surface area contributed by atoms with Crippen molar-refractivity contribution in [1.82, 2.24) is 0 Å². The van der Waals surface area contributed by atoms with Gasteiger partial charge < -0.3 is 9.47 Å². The first kappa shape index (κ1) is 11.9. The molecule has 3 atom stereocenters. The summed E-state index contributed by atoms with van der Waals surface area (Å²) in [5.41, 5.74) is -0.349. The van der Waals surface area contributed by atoms with E-state index in [4.69, 9.17) is 9.47 Å². The monoisotopic (exact) mass is 226 g/mol. The van der Waals surface area contributed by atoms with E-state index in [0.717, 1.165) is 12.8 Å². The second-order valence-corrected chi connectivity index (χ2v) is 5.67. The van der Waals surface area contributed by atoms with E-state index in [0.29, 0.717) is 24.7 Å². The van der Waals surface area contributed by atoms with Gasteiger partial charge in [-0.2, -0.15) is 0 Å². The molecule has 1 aliphatic heterocycles. The maximum Gasteiger partial charge on any atom is 0.311 e. The van der Waals surface area contributed by atoms with Crippen molar-refractivity contribution in [3.63, 3.8) is 0 Å². The highest BCUT2D eigenvalue weighted by Gasteiger charge is 2.47. The van der Waals surface area contributed by atoms with Gasteiger partial charge in [0.25, 0.3) is 0 Å². The third-order valence-electron chi connectivity index (χ3n) is 4.01. The lowest BCUT2D eigenvalue weighted by Crippen LogP contribution is -2.30. The van der Waals surface area contributed by atoms with Crippen LogP contribution in [0.15, 0.2) is 0 Å². The summed E-state index contributed by atoms with van der Waals surface area (Å²) < 4.78 is 11.0. The Balaban J connectivity index is 1.77. The summed E-state index contributed by atoms with van der Waals surface area (Å²) in [7, 11) is 0. The van der Waals surface area contributed by atoms with Crippen LogP contribution in [0.5, 0.6) is 0 Å². The maximum atomic E-state index is 11.8. The number of esters is 1. The molecule has 0 radical (unpaired) electrons. The van der Waals surface area contributed by atoms with Crippen LogP contribution < -0.4 is 0 Å². The smallest absolute Gasteiger partial charge is 0.311 e. The van der Waals surface area contributed by atoms with Crippen LogP contribution in [0.3, 0.4) is 0 Å². The Kier molecular flexibility index (Phi) is 3.24. The molecule has 2 fully saturated rings. The Morgan fingerprint density at radius 1 is 1.44 bits per heavy atom. The van der Waals surface area contributed by atoms with Crippen LogP contribution in [0, 0.1) is 11.3 Å². The van der Waals surface area contributed by atoms with Gasteiger partial charge in [0.15, 0.2) is 0 Å². The molecule has 0 aromatic heterocycles. The normalized spacial score (nSPS) is 33.1. The molecular weight excluding hydrogens is 204 g/mol. The van der Waals surface area contributed by atoms with Gasteiger partial charge in [-0.25, -0.2) is 0 Å². The van der Waals surface area contributed by atoms with Crippen molar-refractivity contribution in [2.75, 3.05) is 6.61 Å². The molecule has 3 unspecified atom stereocenters. The van der Waals surface area contributed by atoms with Crippen LogP contribution in [0.1, 0.15) is 46.5 Å². The number of hydrogen-bond acceptors (Lipinski definition) is 3. The van der Waals surface area contributed by atoms with Gasteiger partial charge in [-0.15, -0.1) is 0 Å². The third kappa shape index (κ3) is 2.40. The quantitative estimate of drug-likeness (QED) is 0.546. The molecule has 1 aliphatic carbocycles. The maximum absolute atomic E-state index is 11.8. The lowest BCUT2D eigenvalue weighted by atomic mass is 9.89. The van der Waals surface area contributed by atoms with Gasteiger partial charge in [0.05, 0.1) is 24.2 Å². The molecule has 3 nitrogen and oxygen atoms in total. The van der Waals surface area contributed by atoms with E-state index in [2.05, 4.69) is 0 Å². The molecule has 0 aromatic rings. The molecule has 1 saturated heterocycles. The Morgan fingerprint density at radius 3 is 2.88 bits per heavy atom. The zero-order chi connectivity index (χ0) is 11.8. The van der Waals surface area contributed by atoms with Gasteiger partial charge in [-0.3, -0.25) is 4.79 Å². The van der Waals surface area contributed by atoms with E-state index in [9.17, 15) is 4.79 Å². The third-order valence-corrected chi connectivity index (χ3v) is 4.01. The van der Waals surface area contributed by atoms with Crippen molar-refractivity contribution >= 4 is 5.97 Å². The Bertz CT molecular complexity index is 272. The second-order valence-electron chi connectivity index (χ2n) is 5.67. The predicted molar refractivity (Wildman–Crippen MR) is 61.0 cm³/mol. The van der Waals surface area contributed by atoms with E-state index in [-0.39, 0.29) is 11.4 Å². The van der Waals surface area contributed by atoms with Crippen molar-refractivity contribution in [2.45, 2.75) is 58.7 Å². The first-order valence-electron chi connectivity index (χ1n) is 6.37. The zero-order valence-corrected chi connectivity index (χ0v) is 10.5. The molecule has 0 aromatic carbocycles. The minimum absolute atomic E-state index is 0.0715. The molecule has 2 rings (SSSR count). The topological polar surface area (TPSA) is 38.8 Å². The van der Waals surface area contributed by atoms with Crippen molar-refractivity contribution in [1.29, 1.82) is 0 Å². The van der Waals surface area contributed by atoms with Crippen molar-refractivity contribution in [2.24, 2.45) is 11.3 Å². The first-order valence-corrected chi connectivity index (χ1v) is 6.37. The van der Waals surface area contributed by atoms with Crippen LogP contribution in [0.4, 0.5) is 0 Å². The minimum atomic E-state index is -0.349. The number of carbonyl (C=O) groups is 1. The van der Waals surface area contributed by atoms with Crippen molar-refractivity contribution in [3.05, 3.63) is 0 Å². The van der Waals surface area contributed by atoms with Crippen LogP contribution in [0.2, 0.25) is 0 Å². The number of hydrogen-bond donors (Lipinski definition) is 0. The van der Waals surface area contributed by atoms with Crippen molar-refractivity contribution < 1.29 is 14.3 Å². The summed E-state index contributed by atoms with van der Waals surface area (Å²) >= 11 is 0. The highest BCUT2D eigenvalue weighted by atomic mass is 16.6. The van der Waals surface area contributed by atoms with Crippen molar-refractivity contribution in [3.8, 4) is 0 Å². The van der Waals surface area contributed by atoms with Gasteiger partial charge in [-0.05, 0) is 33.1 Å². The first-order chi connectivity index (χ1) is 7.54. The van der Waals surface area contributed by atoms with E-state index in [1.165, 1.54) is 12.8 Å². The number of carbonyl (C=O) groups excluding carboxylic acids is 1. The second kappa shape index (κ2) is 4.36. The fourth-order valence-electron chi connectivity index (χ4n) is 2.25. The lowest BCUT2D eigenvalue weighted by molar-refractivity contribution is -0.155. The average molecular weight is 226 g/mol. The van der Waals surface area contributed by atoms with Crippen LogP contribution in [-0.4, -0.2) is 24.8 Å². The lowest BCUT2D eigenvalue weighted by Gasteiger charge is -2.23. The average Bonchev–Trinajstić information content (AvgIpc) is 3.05. The molecule has 1 heterocycles. The molecule has 0 bridgehead atoms. The van der Waals surface area contributed by atoms with Gasteiger partial charge in [-0.1, -0.05) is 13.3 Å². The number of epoxide rings is 1. The molecule has 92 valence electrons. The Labute approximate surface area is 97.5 Å². The highest BCUT2D eigenvalue weighted by Crippen LogP contribution is 2.40. The molecule has 16 heavy (non-hydrogen) atoms. The SMILES string of the molecule is CCC(C)(C)C(=O)OCC1CCCC2OC12. The van der Waals surface area contributed by atoms with Gasteiger partial charge in [0.2, 0.25) is 0 Å². The number of fused-ring (bicyclic) bond motifs is 1. The molecule has 0 amide bonds. The Morgan fingerprint density at radius 2 is 2.19 bits per heavy atom. The van der Waals surface area contributed by atoms with E-state index in [1.54, 1.807) is 0 Å². The summed E-state index contributed by atoms with van der Waals surface area (Å²) in [6.07, 6.45) is 5.21. The van der Waals surface area contributed by atoms with E-state index < -0.39 is 0 Å². The number of ether oxygens (including phenoxy) is 2. The largest absolute Gasteiger partial charge is 0.465 e. The molecule has 2 aliphatic rings. The summed E-state index contributed by atoms with van der Waals surface area (Å²) in [4.78, 5) is 11.8. The van der Waals surface area contributed by atoms with Crippen LogP contribution >= 0.6 is 0 Å². The Hall–Kier alpha value is -0.570. The van der Waals surface area contributed by atoms with Gasteiger partial charge in [0.1, 0.15) is 0 Å². The van der Waals surface area contributed by atoms with Gasteiger partial charge >= 0.3 is 5.97 Å². The molecule has 3 heteroatoms.